The Balaban J connectivity index is 0.000000217. The summed E-state index contributed by atoms with van der Waals surface area (Å²) in [6.45, 7) is 0.224. The Morgan fingerprint density at radius 2 is 1.00 bits per heavy atom. The molecule has 0 fully saturated rings. The summed E-state index contributed by atoms with van der Waals surface area (Å²) in [7, 11) is 0. The third kappa shape index (κ3) is 4.79. The summed E-state index contributed by atoms with van der Waals surface area (Å²) in [5, 5.41) is 16.3. The molecule has 1 aliphatic carbocycles. The van der Waals surface area contributed by atoms with Gasteiger partial charge in [0.25, 0.3) is 0 Å². The standard InChI is InChI=1S/C14H8O2.C4H11NO4/c15-13-9-5-1-2-6-10(9)14(16)12-8-4-3-7-11(12)13;6-1-3-8-5-9-4-2-7/h1-8H;5-7H,1-4H2. The lowest BCUT2D eigenvalue weighted by Gasteiger charge is -2.16. The van der Waals surface area contributed by atoms with Crippen LogP contribution in [0.15, 0.2) is 48.5 Å². The number of hydrogen-bond acceptors (Lipinski definition) is 7. The zero-order valence-corrected chi connectivity index (χ0v) is 13.5. The smallest absolute Gasteiger partial charge is 0.194 e. The number of benzene rings is 2. The Kier molecular flexibility index (Phi) is 7.39. The number of carbonyl (C=O) groups is 2. The third-order valence-electron chi connectivity index (χ3n) is 3.34. The highest BCUT2D eigenvalue weighted by Crippen LogP contribution is 2.26. The van der Waals surface area contributed by atoms with Crippen molar-refractivity contribution in [2.24, 2.45) is 0 Å². The van der Waals surface area contributed by atoms with Crippen molar-refractivity contribution in [1.82, 2.24) is 5.64 Å². The van der Waals surface area contributed by atoms with Gasteiger partial charge in [0.15, 0.2) is 11.6 Å². The van der Waals surface area contributed by atoms with Gasteiger partial charge in [-0.2, -0.15) is 0 Å². The Morgan fingerprint density at radius 3 is 1.28 bits per heavy atom. The minimum atomic E-state index is -0.0641. The quantitative estimate of drug-likeness (QED) is 0.450. The summed E-state index contributed by atoms with van der Waals surface area (Å²) in [6.07, 6.45) is 0. The molecule has 0 unspecified atom stereocenters. The Bertz CT molecular complexity index is 620. The number of carbonyl (C=O) groups excluding carboxylic acids is 2. The monoisotopic (exact) mass is 345 g/mol. The van der Waals surface area contributed by atoms with Crippen LogP contribution < -0.4 is 5.64 Å². The van der Waals surface area contributed by atoms with Crippen LogP contribution in [-0.2, 0) is 9.68 Å². The van der Waals surface area contributed by atoms with Gasteiger partial charge in [0, 0.05) is 22.3 Å². The number of aliphatic hydroxyl groups is 2. The van der Waals surface area contributed by atoms with E-state index in [4.69, 9.17) is 10.2 Å². The second-order valence-electron chi connectivity index (χ2n) is 4.98. The maximum atomic E-state index is 12.1. The molecule has 3 N–H and O–H groups in total. The SMILES string of the molecule is O=C1c2ccccc2C(=O)c2ccccc21.OCCONOCCO. The fourth-order valence-corrected chi connectivity index (χ4v) is 2.26. The Hall–Kier alpha value is -2.42. The van der Waals surface area contributed by atoms with Crippen LogP contribution in [0.25, 0.3) is 0 Å². The van der Waals surface area contributed by atoms with E-state index in [2.05, 4.69) is 15.3 Å². The summed E-state index contributed by atoms with van der Waals surface area (Å²) in [5.74, 6) is -0.128. The summed E-state index contributed by atoms with van der Waals surface area (Å²) in [4.78, 5) is 33.1. The molecule has 0 spiro atoms. The molecule has 132 valence electrons. The number of ketones is 2. The molecule has 7 nitrogen and oxygen atoms in total. The van der Waals surface area contributed by atoms with Crippen LogP contribution in [0, 0.1) is 0 Å². The average molecular weight is 345 g/mol. The van der Waals surface area contributed by atoms with Gasteiger partial charge in [-0.3, -0.25) is 19.3 Å². The molecule has 0 atom stereocenters. The van der Waals surface area contributed by atoms with Crippen LogP contribution in [0.5, 0.6) is 0 Å². The van der Waals surface area contributed by atoms with E-state index < -0.39 is 0 Å². The molecule has 0 bridgehead atoms. The number of fused-ring (bicyclic) bond motifs is 2. The van der Waals surface area contributed by atoms with E-state index in [0.29, 0.717) is 22.3 Å². The van der Waals surface area contributed by atoms with E-state index in [1.54, 1.807) is 48.5 Å². The predicted octanol–water partition coefficient (Wildman–Crippen LogP) is 0.886. The average Bonchev–Trinajstić information content (AvgIpc) is 2.67. The van der Waals surface area contributed by atoms with Crippen molar-refractivity contribution in [3.05, 3.63) is 70.8 Å². The molecule has 2 aromatic rings. The lowest BCUT2D eigenvalue weighted by atomic mass is 9.84. The zero-order chi connectivity index (χ0) is 18.1. The highest BCUT2D eigenvalue weighted by molar-refractivity contribution is 6.28. The van der Waals surface area contributed by atoms with Gasteiger partial charge in [-0.15, -0.1) is 0 Å². The van der Waals surface area contributed by atoms with Crippen LogP contribution in [0.2, 0.25) is 0 Å². The highest BCUT2D eigenvalue weighted by Gasteiger charge is 2.28. The minimum Gasteiger partial charge on any atom is -0.394 e. The second-order valence-corrected chi connectivity index (χ2v) is 4.98. The fourth-order valence-electron chi connectivity index (χ4n) is 2.26. The predicted molar refractivity (Wildman–Crippen MR) is 89.0 cm³/mol. The van der Waals surface area contributed by atoms with E-state index in [0.717, 1.165) is 0 Å². The molecule has 2 aromatic carbocycles. The summed E-state index contributed by atoms with van der Waals surface area (Å²) >= 11 is 0. The van der Waals surface area contributed by atoms with Crippen molar-refractivity contribution >= 4 is 11.6 Å². The molecule has 0 radical (unpaired) electrons. The van der Waals surface area contributed by atoms with Gasteiger partial charge in [-0.05, 0) is 0 Å². The van der Waals surface area contributed by atoms with E-state index in [9.17, 15) is 9.59 Å². The molecule has 0 aromatic heterocycles. The lowest BCUT2D eigenvalue weighted by Crippen LogP contribution is -2.20. The van der Waals surface area contributed by atoms with Gasteiger partial charge in [0.2, 0.25) is 0 Å². The molecule has 7 heteroatoms. The molecule has 0 aliphatic heterocycles. The van der Waals surface area contributed by atoms with Gasteiger partial charge < -0.3 is 10.2 Å². The van der Waals surface area contributed by atoms with Gasteiger partial charge in [-0.1, -0.05) is 54.2 Å². The number of aliphatic hydroxyl groups excluding tert-OH is 2. The molecule has 0 saturated carbocycles. The molecule has 1 aliphatic rings. The summed E-state index contributed by atoms with van der Waals surface area (Å²) < 4.78 is 0. The van der Waals surface area contributed by atoms with E-state index >= 15 is 0 Å². The second kappa shape index (κ2) is 9.77. The van der Waals surface area contributed by atoms with Gasteiger partial charge in [-0.25, -0.2) is 0 Å². The first-order valence-corrected chi connectivity index (χ1v) is 7.68. The minimum absolute atomic E-state index is 0.0600. The van der Waals surface area contributed by atoms with Crippen LogP contribution in [0.1, 0.15) is 31.8 Å². The van der Waals surface area contributed by atoms with Crippen molar-refractivity contribution in [3.8, 4) is 0 Å². The van der Waals surface area contributed by atoms with Crippen molar-refractivity contribution in [3.63, 3.8) is 0 Å². The van der Waals surface area contributed by atoms with Crippen molar-refractivity contribution < 1.29 is 29.5 Å². The fraction of sp³-hybridized carbons (Fsp3) is 0.222. The van der Waals surface area contributed by atoms with Gasteiger partial charge in [0.05, 0.1) is 26.4 Å². The molecule has 3 rings (SSSR count). The van der Waals surface area contributed by atoms with Crippen molar-refractivity contribution in [2.75, 3.05) is 26.4 Å². The van der Waals surface area contributed by atoms with Crippen LogP contribution in [0.4, 0.5) is 0 Å². The number of hydrogen-bond donors (Lipinski definition) is 3. The summed E-state index contributed by atoms with van der Waals surface area (Å²) in [6, 6.07) is 13.9. The topological polar surface area (TPSA) is 105 Å². The maximum Gasteiger partial charge on any atom is 0.194 e. The van der Waals surface area contributed by atoms with E-state index in [1.165, 1.54) is 0 Å². The van der Waals surface area contributed by atoms with Crippen molar-refractivity contribution in [2.45, 2.75) is 0 Å². The van der Waals surface area contributed by atoms with E-state index in [1.807, 2.05) is 0 Å². The third-order valence-corrected chi connectivity index (χ3v) is 3.34. The van der Waals surface area contributed by atoms with Crippen LogP contribution in [-0.4, -0.2) is 48.2 Å². The van der Waals surface area contributed by atoms with Crippen LogP contribution >= 0.6 is 0 Å². The first-order chi connectivity index (χ1) is 12.2. The van der Waals surface area contributed by atoms with Gasteiger partial charge >= 0.3 is 0 Å². The zero-order valence-electron chi connectivity index (χ0n) is 13.5. The molecule has 0 amide bonds. The molecule has 0 heterocycles. The first kappa shape index (κ1) is 18.9. The first-order valence-electron chi connectivity index (χ1n) is 7.68. The molecular formula is C18H19NO6. The number of rotatable bonds is 6. The largest absolute Gasteiger partial charge is 0.394 e. The van der Waals surface area contributed by atoms with Gasteiger partial charge in [0.1, 0.15) is 0 Å². The molecular weight excluding hydrogens is 326 g/mol. The Labute approximate surface area is 144 Å². The van der Waals surface area contributed by atoms with E-state index in [-0.39, 0.29) is 38.0 Å². The highest BCUT2D eigenvalue weighted by atomic mass is 16.9. The van der Waals surface area contributed by atoms with Crippen LogP contribution in [0.3, 0.4) is 0 Å². The maximum absolute atomic E-state index is 12.1. The molecule has 0 saturated heterocycles. The number of nitrogens with one attached hydrogen (secondary N) is 1. The lowest BCUT2D eigenvalue weighted by molar-refractivity contribution is -0.178. The normalized spacial score (nSPS) is 12.1. The molecule has 25 heavy (non-hydrogen) atoms. The van der Waals surface area contributed by atoms with Crippen molar-refractivity contribution in [1.29, 1.82) is 0 Å². The summed E-state index contributed by atoms with van der Waals surface area (Å²) in [5.41, 5.74) is 4.09. The Morgan fingerprint density at radius 1 is 0.680 bits per heavy atom.